The van der Waals surface area contributed by atoms with E-state index < -0.39 is 0 Å². The number of aromatic nitrogens is 1. The molecule has 0 atom stereocenters. The number of benzene rings is 1. The summed E-state index contributed by atoms with van der Waals surface area (Å²) in [6, 6.07) is 10.7. The maximum absolute atomic E-state index is 10.7. The summed E-state index contributed by atoms with van der Waals surface area (Å²) in [5.41, 5.74) is 0.436. The maximum atomic E-state index is 10.7. The highest BCUT2D eigenvalue weighted by Crippen LogP contribution is 2.23. The molecule has 0 amide bonds. The summed E-state index contributed by atoms with van der Waals surface area (Å²) in [7, 11) is 0. The van der Waals surface area contributed by atoms with Crippen molar-refractivity contribution in [3.63, 3.8) is 0 Å². The van der Waals surface area contributed by atoms with E-state index in [-0.39, 0.29) is 0 Å². The Kier molecular flexibility index (Phi) is 3.31. The predicted octanol–water partition coefficient (Wildman–Crippen LogP) is 3.45. The minimum Gasteiger partial charge on any atom is -0.438 e. The number of pyridine rings is 1. The van der Waals surface area contributed by atoms with Gasteiger partial charge in [-0.05, 0) is 36.4 Å². The Balaban J connectivity index is 2.26. The molecule has 0 fully saturated rings. The Bertz CT molecular complexity index is 497. The zero-order chi connectivity index (χ0) is 11.4. The van der Waals surface area contributed by atoms with E-state index in [1.54, 1.807) is 30.5 Å². The molecule has 0 saturated heterocycles. The lowest BCUT2D eigenvalue weighted by atomic mass is 10.3. The molecule has 1 heterocycles. The van der Waals surface area contributed by atoms with Crippen LogP contribution in [0.5, 0.6) is 11.6 Å². The molecular formula is C12H8BrNO2. The van der Waals surface area contributed by atoms with Crippen LogP contribution in [0.2, 0.25) is 0 Å². The van der Waals surface area contributed by atoms with Gasteiger partial charge in [0, 0.05) is 10.7 Å². The molecule has 2 aromatic rings. The summed E-state index contributed by atoms with van der Waals surface area (Å²) in [6.07, 6.45) is 2.31. The molecule has 0 aliphatic rings. The zero-order valence-electron chi connectivity index (χ0n) is 8.26. The third kappa shape index (κ3) is 2.46. The van der Waals surface area contributed by atoms with Gasteiger partial charge in [0.25, 0.3) is 0 Å². The normalized spacial score (nSPS) is 9.81. The molecule has 0 N–H and O–H groups in total. The van der Waals surface area contributed by atoms with E-state index in [1.807, 2.05) is 12.1 Å². The fraction of sp³-hybridized carbons (Fsp3) is 0. The van der Waals surface area contributed by atoms with Crippen LogP contribution >= 0.6 is 15.9 Å². The molecule has 16 heavy (non-hydrogen) atoms. The molecule has 80 valence electrons. The van der Waals surface area contributed by atoms with E-state index in [0.29, 0.717) is 17.2 Å². The van der Waals surface area contributed by atoms with Gasteiger partial charge in [-0.3, -0.25) is 4.79 Å². The first-order chi connectivity index (χ1) is 7.79. The van der Waals surface area contributed by atoms with Crippen LogP contribution < -0.4 is 4.74 Å². The number of carbonyl (C=O) groups is 1. The van der Waals surface area contributed by atoms with Gasteiger partial charge in [0.1, 0.15) is 5.75 Å². The van der Waals surface area contributed by atoms with Crippen LogP contribution in [0.4, 0.5) is 0 Å². The number of hydrogen-bond donors (Lipinski definition) is 0. The molecule has 0 bridgehead atoms. The first kappa shape index (κ1) is 10.8. The Morgan fingerprint density at radius 2 is 1.94 bits per heavy atom. The van der Waals surface area contributed by atoms with Crippen LogP contribution in [-0.4, -0.2) is 11.3 Å². The summed E-state index contributed by atoms with van der Waals surface area (Å²) < 4.78 is 6.46. The zero-order valence-corrected chi connectivity index (χ0v) is 9.85. The Morgan fingerprint density at radius 1 is 1.19 bits per heavy atom. The van der Waals surface area contributed by atoms with Gasteiger partial charge in [-0.2, -0.15) is 0 Å². The Hall–Kier alpha value is -1.68. The Morgan fingerprint density at radius 3 is 2.62 bits per heavy atom. The number of aldehydes is 1. The first-order valence-corrected chi connectivity index (χ1v) is 5.42. The first-order valence-electron chi connectivity index (χ1n) is 4.63. The predicted molar refractivity (Wildman–Crippen MR) is 63.8 cm³/mol. The summed E-state index contributed by atoms with van der Waals surface area (Å²) in [5, 5.41) is 0. The highest BCUT2D eigenvalue weighted by atomic mass is 79.9. The number of halogens is 1. The second kappa shape index (κ2) is 4.90. The van der Waals surface area contributed by atoms with Crippen LogP contribution in [0.3, 0.4) is 0 Å². The van der Waals surface area contributed by atoms with Gasteiger partial charge in [-0.25, -0.2) is 4.98 Å². The molecule has 0 spiro atoms. The largest absolute Gasteiger partial charge is 0.438 e. The molecular weight excluding hydrogens is 270 g/mol. The molecule has 0 aliphatic heterocycles. The minimum atomic E-state index is 0.319. The number of carbonyl (C=O) groups excluding carboxylic acids is 1. The highest BCUT2D eigenvalue weighted by molar-refractivity contribution is 9.10. The fourth-order valence-electron chi connectivity index (χ4n) is 1.19. The van der Waals surface area contributed by atoms with Crippen molar-refractivity contribution in [2.45, 2.75) is 0 Å². The minimum absolute atomic E-state index is 0.319. The second-order valence-electron chi connectivity index (χ2n) is 3.07. The van der Waals surface area contributed by atoms with Gasteiger partial charge < -0.3 is 4.74 Å². The molecule has 1 aromatic carbocycles. The van der Waals surface area contributed by atoms with Crippen molar-refractivity contribution >= 4 is 22.2 Å². The van der Waals surface area contributed by atoms with E-state index in [4.69, 9.17) is 4.74 Å². The van der Waals surface area contributed by atoms with Crippen LogP contribution in [0, 0.1) is 0 Å². The molecule has 2 rings (SSSR count). The third-order valence-electron chi connectivity index (χ3n) is 1.96. The lowest BCUT2D eigenvalue weighted by molar-refractivity contribution is 0.112. The molecule has 1 aromatic heterocycles. The summed E-state index contributed by atoms with van der Waals surface area (Å²) in [5.74, 6) is 0.963. The van der Waals surface area contributed by atoms with E-state index in [9.17, 15) is 4.79 Å². The number of nitrogens with zero attached hydrogens (tertiary/aromatic N) is 1. The van der Waals surface area contributed by atoms with Crippen molar-refractivity contribution in [3.05, 3.63) is 52.6 Å². The number of hydrogen-bond acceptors (Lipinski definition) is 3. The molecule has 0 aliphatic carbocycles. The molecule has 4 heteroatoms. The molecule has 3 nitrogen and oxygen atoms in total. The van der Waals surface area contributed by atoms with E-state index in [2.05, 4.69) is 20.9 Å². The summed E-state index contributed by atoms with van der Waals surface area (Å²) in [6.45, 7) is 0. The van der Waals surface area contributed by atoms with Gasteiger partial charge in [0.2, 0.25) is 5.88 Å². The highest BCUT2D eigenvalue weighted by Gasteiger charge is 2.04. The van der Waals surface area contributed by atoms with Crippen LogP contribution in [-0.2, 0) is 0 Å². The summed E-state index contributed by atoms with van der Waals surface area (Å²) in [4.78, 5) is 14.7. The van der Waals surface area contributed by atoms with Crippen molar-refractivity contribution in [2.75, 3.05) is 0 Å². The van der Waals surface area contributed by atoms with Crippen molar-refractivity contribution in [2.24, 2.45) is 0 Å². The second-order valence-corrected chi connectivity index (χ2v) is 3.99. The quantitative estimate of drug-likeness (QED) is 0.807. The Labute approximate surface area is 101 Å². The van der Waals surface area contributed by atoms with Crippen molar-refractivity contribution in [1.82, 2.24) is 4.98 Å². The van der Waals surface area contributed by atoms with Crippen LogP contribution in [0.25, 0.3) is 0 Å². The number of rotatable bonds is 3. The van der Waals surface area contributed by atoms with Crippen LogP contribution in [0.15, 0.2) is 47.1 Å². The molecule has 0 saturated carbocycles. The molecule has 0 unspecified atom stereocenters. The standard InChI is InChI=1S/C12H8BrNO2/c13-10-3-5-11(6-4-10)16-12-9(8-15)2-1-7-14-12/h1-8H. The fourth-order valence-corrected chi connectivity index (χ4v) is 1.46. The van der Waals surface area contributed by atoms with Crippen molar-refractivity contribution < 1.29 is 9.53 Å². The topological polar surface area (TPSA) is 39.2 Å². The van der Waals surface area contributed by atoms with Gasteiger partial charge >= 0.3 is 0 Å². The lowest BCUT2D eigenvalue weighted by Gasteiger charge is -2.05. The monoisotopic (exact) mass is 277 g/mol. The SMILES string of the molecule is O=Cc1cccnc1Oc1ccc(Br)cc1. The van der Waals surface area contributed by atoms with E-state index >= 15 is 0 Å². The van der Waals surface area contributed by atoms with Gasteiger partial charge in [-0.1, -0.05) is 15.9 Å². The smallest absolute Gasteiger partial charge is 0.229 e. The van der Waals surface area contributed by atoms with Crippen molar-refractivity contribution in [3.8, 4) is 11.6 Å². The number of ether oxygens (including phenoxy) is 1. The van der Waals surface area contributed by atoms with Gasteiger partial charge in [0.05, 0.1) is 5.56 Å². The average molecular weight is 278 g/mol. The lowest BCUT2D eigenvalue weighted by Crippen LogP contribution is -1.92. The van der Waals surface area contributed by atoms with Crippen molar-refractivity contribution in [1.29, 1.82) is 0 Å². The van der Waals surface area contributed by atoms with Gasteiger partial charge in [0.15, 0.2) is 6.29 Å². The average Bonchev–Trinajstić information content (AvgIpc) is 2.33. The van der Waals surface area contributed by atoms with Crippen LogP contribution in [0.1, 0.15) is 10.4 Å². The summed E-state index contributed by atoms with van der Waals surface area (Å²) >= 11 is 3.33. The molecule has 0 radical (unpaired) electrons. The van der Waals surface area contributed by atoms with Gasteiger partial charge in [-0.15, -0.1) is 0 Å². The van der Waals surface area contributed by atoms with E-state index in [0.717, 1.165) is 10.8 Å². The maximum Gasteiger partial charge on any atom is 0.229 e. The third-order valence-corrected chi connectivity index (χ3v) is 2.48. The van der Waals surface area contributed by atoms with E-state index in [1.165, 1.54) is 0 Å².